The first-order valence-corrected chi connectivity index (χ1v) is 16.0. The third-order valence-electron chi connectivity index (χ3n) is 8.11. The minimum Gasteiger partial charge on any atom is -0.490 e. The second-order valence-electron chi connectivity index (χ2n) is 12.6. The molecule has 0 saturated heterocycles. The molecule has 248 valence electrons. The number of urea groups is 1. The molecule has 2 aromatic carbocycles. The Labute approximate surface area is 267 Å². The molecule has 0 spiro atoms. The van der Waals surface area contributed by atoms with Gasteiger partial charge in [-0.05, 0) is 89.9 Å². The highest BCUT2D eigenvalue weighted by atomic mass is 16.7. The number of carbonyl (C=O) groups excluding carboxylic acids is 2. The van der Waals surface area contributed by atoms with Gasteiger partial charge in [-0.1, -0.05) is 13.0 Å². The minimum absolute atomic E-state index is 0.0401. The Bertz CT molecular complexity index is 1290. The molecule has 0 aliphatic carbocycles. The second-order valence-corrected chi connectivity index (χ2v) is 12.6. The number of aliphatic hydroxyl groups excluding tert-OH is 1. The first-order chi connectivity index (χ1) is 21.5. The van der Waals surface area contributed by atoms with Crippen molar-refractivity contribution in [2.24, 2.45) is 5.92 Å². The van der Waals surface area contributed by atoms with Crippen LogP contribution in [0.2, 0.25) is 0 Å². The van der Waals surface area contributed by atoms with E-state index in [0.29, 0.717) is 43.2 Å². The molecule has 2 aromatic rings. The van der Waals surface area contributed by atoms with Crippen molar-refractivity contribution in [3.05, 3.63) is 47.5 Å². The largest absolute Gasteiger partial charge is 0.490 e. The van der Waals surface area contributed by atoms with Gasteiger partial charge in [0.15, 0.2) is 11.5 Å². The van der Waals surface area contributed by atoms with Crippen molar-refractivity contribution in [3.63, 3.8) is 0 Å². The number of carbonyl (C=O) groups is 2. The molecule has 2 aliphatic rings. The van der Waals surface area contributed by atoms with Gasteiger partial charge in [-0.15, -0.1) is 0 Å². The molecule has 3 amide bonds. The molecule has 11 heteroatoms. The summed E-state index contributed by atoms with van der Waals surface area (Å²) >= 11 is 0. The van der Waals surface area contributed by atoms with E-state index in [1.807, 2.05) is 45.9 Å². The molecule has 0 unspecified atom stereocenters. The highest BCUT2D eigenvalue weighted by Crippen LogP contribution is 2.33. The van der Waals surface area contributed by atoms with Crippen molar-refractivity contribution in [2.75, 3.05) is 45.5 Å². The van der Waals surface area contributed by atoms with Crippen LogP contribution in [0, 0.1) is 5.92 Å². The number of hydrogen-bond acceptors (Lipinski definition) is 8. The predicted octanol–water partition coefficient (Wildman–Crippen LogP) is 4.87. The predicted molar refractivity (Wildman–Crippen MR) is 173 cm³/mol. The Hall–Kier alpha value is -3.54. The molecule has 0 radical (unpaired) electrons. The Balaban J connectivity index is 1.57. The molecule has 11 nitrogen and oxygen atoms in total. The van der Waals surface area contributed by atoms with Crippen molar-refractivity contribution < 1.29 is 33.6 Å². The lowest BCUT2D eigenvalue weighted by Gasteiger charge is -2.36. The van der Waals surface area contributed by atoms with Crippen molar-refractivity contribution >= 4 is 17.6 Å². The van der Waals surface area contributed by atoms with Crippen LogP contribution >= 0.6 is 0 Å². The number of likely N-dealkylation sites (N-methyl/N-ethyl adjacent to an activating group) is 1. The standard InChI is InChI=1S/C34H50N4O7/c1-22(2)35-34(41)36-27-11-13-29-28(16-27)33(40)38(24(4)20-39)17-23(3)32(42-14-8-7-9-25(5)45-29)19-37(6)18-26-10-12-30-31(15-26)44-21-43-30/h10-13,15-16,22-25,32,39H,7-9,14,17-21H2,1-6H3,(H2,35,36,41)/t23-,24+,25-,32+/m1/s1. The number of fused-ring (bicyclic) bond motifs is 2. The molecule has 45 heavy (non-hydrogen) atoms. The molecule has 0 saturated carbocycles. The fraction of sp³-hybridized carbons (Fsp3) is 0.588. The highest BCUT2D eigenvalue weighted by Gasteiger charge is 2.30. The second kappa shape index (κ2) is 16.1. The van der Waals surface area contributed by atoms with E-state index in [1.165, 1.54) is 0 Å². The van der Waals surface area contributed by atoms with Crippen molar-refractivity contribution in [2.45, 2.75) is 84.7 Å². The van der Waals surface area contributed by atoms with E-state index in [4.69, 9.17) is 18.9 Å². The van der Waals surface area contributed by atoms with Crippen LogP contribution in [0.25, 0.3) is 0 Å². The van der Waals surface area contributed by atoms with E-state index in [0.717, 1.165) is 36.3 Å². The zero-order valence-corrected chi connectivity index (χ0v) is 27.5. The number of nitrogens with zero attached hydrogens (tertiary/aromatic N) is 2. The average Bonchev–Trinajstić information content (AvgIpc) is 3.46. The van der Waals surface area contributed by atoms with E-state index >= 15 is 0 Å². The minimum atomic E-state index is -0.453. The summed E-state index contributed by atoms with van der Waals surface area (Å²) in [4.78, 5) is 30.6. The summed E-state index contributed by atoms with van der Waals surface area (Å²) in [6.45, 7) is 12.0. The van der Waals surface area contributed by atoms with E-state index in [-0.39, 0.29) is 49.5 Å². The van der Waals surface area contributed by atoms with E-state index in [9.17, 15) is 14.7 Å². The van der Waals surface area contributed by atoms with Gasteiger partial charge in [0.05, 0.1) is 30.4 Å². The summed E-state index contributed by atoms with van der Waals surface area (Å²) in [5, 5.41) is 15.8. The van der Waals surface area contributed by atoms with Crippen LogP contribution in [0.1, 0.15) is 69.8 Å². The number of benzene rings is 2. The lowest BCUT2D eigenvalue weighted by Crippen LogP contribution is -2.47. The number of nitrogens with one attached hydrogen (secondary N) is 2. The van der Waals surface area contributed by atoms with Crippen molar-refractivity contribution in [1.82, 2.24) is 15.1 Å². The number of amides is 3. The molecular formula is C34H50N4O7. The van der Waals surface area contributed by atoms with Gasteiger partial charge < -0.3 is 39.6 Å². The van der Waals surface area contributed by atoms with Crippen molar-refractivity contribution in [1.29, 1.82) is 0 Å². The number of anilines is 1. The fourth-order valence-electron chi connectivity index (χ4n) is 5.61. The average molecular weight is 627 g/mol. The molecule has 3 N–H and O–H groups in total. The van der Waals surface area contributed by atoms with Crippen LogP contribution in [0.15, 0.2) is 36.4 Å². The molecule has 0 bridgehead atoms. The Morgan fingerprint density at radius 2 is 1.82 bits per heavy atom. The summed E-state index contributed by atoms with van der Waals surface area (Å²) in [6.07, 6.45) is 2.32. The van der Waals surface area contributed by atoms with Gasteiger partial charge in [-0.25, -0.2) is 4.79 Å². The van der Waals surface area contributed by atoms with Gasteiger partial charge in [0.25, 0.3) is 5.91 Å². The van der Waals surface area contributed by atoms with Crippen LogP contribution in [-0.2, 0) is 11.3 Å². The van der Waals surface area contributed by atoms with E-state index < -0.39 is 6.04 Å². The van der Waals surface area contributed by atoms with Crippen LogP contribution in [0.3, 0.4) is 0 Å². The Morgan fingerprint density at radius 3 is 2.58 bits per heavy atom. The van der Waals surface area contributed by atoms with Crippen LogP contribution in [-0.4, -0.2) is 91.3 Å². The molecule has 4 rings (SSSR count). The summed E-state index contributed by atoms with van der Waals surface area (Å²) < 4.78 is 23.8. The Morgan fingerprint density at radius 1 is 1.07 bits per heavy atom. The molecule has 2 aliphatic heterocycles. The molecular weight excluding hydrogens is 576 g/mol. The molecule has 0 fully saturated rings. The molecule has 2 heterocycles. The van der Waals surface area contributed by atoms with Gasteiger partial charge in [-0.3, -0.25) is 9.69 Å². The van der Waals surface area contributed by atoms with Crippen molar-refractivity contribution in [3.8, 4) is 17.2 Å². The third kappa shape index (κ3) is 9.72. The van der Waals surface area contributed by atoms with E-state index in [2.05, 4.69) is 29.5 Å². The zero-order valence-electron chi connectivity index (χ0n) is 27.5. The Kier molecular flexibility index (Phi) is 12.3. The summed E-state index contributed by atoms with van der Waals surface area (Å²) in [6, 6.07) is 10.3. The first-order valence-electron chi connectivity index (χ1n) is 16.0. The number of aliphatic hydroxyl groups is 1. The fourth-order valence-corrected chi connectivity index (χ4v) is 5.61. The van der Waals surface area contributed by atoms with Crippen LogP contribution in [0.4, 0.5) is 10.5 Å². The number of ether oxygens (including phenoxy) is 4. The smallest absolute Gasteiger partial charge is 0.319 e. The zero-order chi connectivity index (χ0) is 32.5. The monoisotopic (exact) mass is 626 g/mol. The van der Waals surface area contributed by atoms with Crippen LogP contribution in [0.5, 0.6) is 17.2 Å². The van der Waals surface area contributed by atoms with Gasteiger partial charge in [0.1, 0.15) is 5.75 Å². The summed E-state index contributed by atoms with van der Waals surface area (Å²) in [5.41, 5.74) is 1.93. The summed E-state index contributed by atoms with van der Waals surface area (Å²) in [5.74, 6) is 1.65. The lowest BCUT2D eigenvalue weighted by molar-refractivity contribution is -0.0177. The molecule has 0 aromatic heterocycles. The first kappa shape index (κ1) is 34.3. The van der Waals surface area contributed by atoms with Gasteiger partial charge in [-0.2, -0.15) is 0 Å². The number of rotatable bonds is 8. The number of hydrogen-bond donors (Lipinski definition) is 3. The third-order valence-corrected chi connectivity index (χ3v) is 8.11. The summed E-state index contributed by atoms with van der Waals surface area (Å²) in [7, 11) is 2.06. The van der Waals surface area contributed by atoms with E-state index in [1.54, 1.807) is 23.1 Å². The SMILES string of the molecule is CC(C)NC(=O)Nc1ccc2c(c1)C(=O)N([C@@H](C)CO)C[C@@H](C)[C@H](CN(C)Cc1ccc3c(c1)OCO3)OCCCC[C@@H](C)O2. The van der Waals surface area contributed by atoms with Gasteiger partial charge >= 0.3 is 6.03 Å². The quantitative estimate of drug-likeness (QED) is 0.380. The maximum atomic E-state index is 14.3. The maximum absolute atomic E-state index is 14.3. The maximum Gasteiger partial charge on any atom is 0.319 e. The normalized spacial score (nSPS) is 21.6. The molecule has 4 atom stereocenters. The van der Waals surface area contributed by atoms with Gasteiger partial charge in [0.2, 0.25) is 6.79 Å². The topological polar surface area (TPSA) is 122 Å². The highest BCUT2D eigenvalue weighted by molar-refractivity contribution is 5.99. The van der Waals surface area contributed by atoms with Gasteiger partial charge in [0, 0.05) is 43.9 Å². The van der Waals surface area contributed by atoms with Crippen LogP contribution < -0.4 is 24.8 Å². The lowest BCUT2D eigenvalue weighted by atomic mass is 10.0.